The maximum Gasteiger partial charge on any atom is 0.131 e. The van der Waals surface area contributed by atoms with Crippen LogP contribution in [-0.4, -0.2) is 10.7 Å². The first-order chi connectivity index (χ1) is 5.76. The summed E-state index contributed by atoms with van der Waals surface area (Å²) in [5.74, 6) is 0.929. The molecule has 0 N–H and O–H groups in total. The lowest BCUT2D eigenvalue weighted by atomic mass is 10.3. The van der Waals surface area contributed by atoms with Crippen molar-refractivity contribution in [3.63, 3.8) is 0 Å². The summed E-state index contributed by atoms with van der Waals surface area (Å²) in [4.78, 5) is 4.05. The summed E-state index contributed by atoms with van der Waals surface area (Å²) in [5, 5.41) is 9.80. The summed E-state index contributed by atoms with van der Waals surface area (Å²) in [7, 11) is 0. The quantitative estimate of drug-likeness (QED) is 0.542. The lowest BCUT2D eigenvalue weighted by Gasteiger charge is -1.98. The third-order valence-corrected chi connectivity index (χ3v) is 2.18. The molecule has 1 rings (SSSR count). The average Bonchev–Trinajstić information content (AvgIpc) is 2.04. The Balaban J connectivity index is 3.00. The molecule has 0 spiro atoms. The first-order valence-electron chi connectivity index (χ1n) is 3.46. The van der Waals surface area contributed by atoms with Gasteiger partial charge in [0, 0.05) is 0 Å². The second-order valence-corrected chi connectivity index (χ2v) is 3.73. The van der Waals surface area contributed by atoms with Gasteiger partial charge in [0.05, 0.1) is 16.7 Å². The molecule has 4 heteroatoms. The smallest absolute Gasteiger partial charge is 0.131 e. The molecule has 0 radical (unpaired) electrons. The van der Waals surface area contributed by atoms with Crippen molar-refractivity contribution in [3.8, 4) is 6.07 Å². The molecule has 0 saturated carbocycles. The van der Waals surface area contributed by atoms with Crippen molar-refractivity contribution >= 4 is 23.4 Å². The molecule has 0 fully saturated rings. The van der Waals surface area contributed by atoms with Crippen molar-refractivity contribution in [2.75, 3.05) is 5.75 Å². The summed E-state index contributed by atoms with van der Waals surface area (Å²) in [6.07, 6.45) is 0. The van der Waals surface area contributed by atoms with Gasteiger partial charge in [-0.15, -0.1) is 11.8 Å². The fraction of sp³-hybridized carbons (Fsp3) is 0.250. The van der Waals surface area contributed by atoms with Gasteiger partial charge in [-0.1, -0.05) is 18.5 Å². The van der Waals surface area contributed by atoms with E-state index in [9.17, 15) is 0 Å². The van der Waals surface area contributed by atoms with Gasteiger partial charge in [0.1, 0.15) is 5.15 Å². The Morgan fingerprint density at radius 3 is 3.00 bits per heavy atom. The van der Waals surface area contributed by atoms with E-state index < -0.39 is 0 Å². The number of hydrogen-bond acceptors (Lipinski definition) is 3. The molecule has 0 atom stereocenters. The summed E-state index contributed by atoms with van der Waals surface area (Å²) in [5.41, 5.74) is 0.561. The van der Waals surface area contributed by atoms with Crippen LogP contribution < -0.4 is 0 Å². The van der Waals surface area contributed by atoms with Crippen LogP contribution in [0.1, 0.15) is 12.5 Å². The average molecular weight is 199 g/mol. The van der Waals surface area contributed by atoms with E-state index in [0.29, 0.717) is 10.7 Å². The molecular formula is C8H7ClN2S. The fourth-order valence-electron chi connectivity index (χ4n) is 0.759. The molecule has 0 saturated heterocycles. The maximum absolute atomic E-state index is 8.61. The number of thioether (sulfide) groups is 1. The van der Waals surface area contributed by atoms with Gasteiger partial charge in [-0.25, -0.2) is 4.98 Å². The van der Waals surface area contributed by atoms with Gasteiger partial charge >= 0.3 is 0 Å². The molecule has 0 bridgehead atoms. The van der Waals surface area contributed by atoms with Crippen LogP contribution in [-0.2, 0) is 0 Å². The number of rotatable bonds is 2. The van der Waals surface area contributed by atoms with E-state index >= 15 is 0 Å². The number of hydrogen-bond donors (Lipinski definition) is 0. The van der Waals surface area contributed by atoms with Crippen LogP contribution in [0.4, 0.5) is 0 Å². The van der Waals surface area contributed by atoms with Crippen molar-refractivity contribution in [2.45, 2.75) is 11.9 Å². The standard InChI is InChI=1S/C8H7ClN2S/c1-2-12-8-4-6(5-10)3-7(9)11-8/h3-4H,2H2,1H3. The molecule has 0 aliphatic heterocycles. The summed E-state index contributed by atoms with van der Waals surface area (Å²) in [6.45, 7) is 2.03. The molecule has 0 aromatic carbocycles. The van der Waals surface area contributed by atoms with Gasteiger partial charge in [-0.2, -0.15) is 5.26 Å². The third kappa shape index (κ3) is 2.40. The van der Waals surface area contributed by atoms with Crippen LogP contribution >= 0.6 is 23.4 Å². The van der Waals surface area contributed by atoms with Crippen LogP contribution in [0.5, 0.6) is 0 Å². The fourth-order valence-corrected chi connectivity index (χ4v) is 1.69. The third-order valence-electron chi connectivity index (χ3n) is 1.19. The molecule has 1 aromatic heterocycles. The van der Waals surface area contributed by atoms with E-state index in [1.54, 1.807) is 23.9 Å². The van der Waals surface area contributed by atoms with Crippen LogP contribution in [0.3, 0.4) is 0 Å². The van der Waals surface area contributed by atoms with E-state index in [4.69, 9.17) is 16.9 Å². The Hall–Kier alpha value is -0.720. The molecule has 1 heterocycles. The summed E-state index contributed by atoms with van der Waals surface area (Å²) < 4.78 is 0. The van der Waals surface area contributed by atoms with Crippen LogP contribution in [0.15, 0.2) is 17.2 Å². The normalized spacial score (nSPS) is 9.42. The van der Waals surface area contributed by atoms with E-state index in [1.165, 1.54) is 0 Å². The van der Waals surface area contributed by atoms with Crippen LogP contribution in [0.25, 0.3) is 0 Å². The van der Waals surface area contributed by atoms with Gasteiger partial charge in [0.15, 0.2) is 0 Å². The molecule has 0 amide bonds. The van der Waals surface area contributed by atoms with Crippen molar-refractivity contribution in [1.82, 2.24) is 4.98 Å². The van der Waals surface area contributed by atoms with Gasteiger partial charge in [0.2, 0.25) is 0 Å². The first kappa shape index (κ1) is 9.37. The minimum atomic E-state index is 0.380. The molecule has 0 unspecified atom stereocenters. The zero-order chi connectivity index (χ0) is 8.97. The summed E-state index contributed by atoms with van der Waals surface area (Å²) >= 11 is 7.26. The monoisotopic (exact) mass is 198 g/mol. The number of nitrogens with zero attached hydrogens (tertiary/aromatic N) is 2. The number of nitriles is 1. The van der Waals surface area contributed by atoms with Gasteiger partial charge in [0.25, 0.3) is 0 Å². The van der Waals surface area contributed by atoms with E-state index in [-0.39, 0.29) is 0 Å². The zero-order valence-electron chi connectivity index (χ0n) is 6.54. The highest BCUT2D eigenvalue weighted by molar-refractivity contribution is 7.99. The van der Waals surface area contributed by atoms with E-state index in [1.807, 2.05) is 13.0 Å². The molecule has 0 aliphatic carbocycles. The molecule has 62 valence electrons. The number of halogens is 1. The Morgan fingerprint density at radius 2 is 2.42 bits per heavy atom. The van der Waals surface area contributed by atoms with Crippen LogP contribution in [0.2, 0.25) is 5.15 Å². The second-order valence-electron chi connectivity index (χ2n) is 2.06. The molecule has 12 heavy (non-hydrogen) atoms. The Morgan fingerprint density at radius 1 is 1.67 bits per heavy atom. The minimum Gasteiger partial charge on any atom is -0.230 e. The largest absolute Gasteiger partial charge is 0.230 e. The van der Waals surface area contributed by atoms with E-state index in [0.717, 1.165) is 10.8 Å². The minimum absolute atomic E-state index is 0.380. The highest BCUT2D eigenvalue weighted by atomic mass is 35.5. The second kappa shape index (κ2) is 4.34. The highest BCUT2D eigenvalue weighted by Crippen LogP contribution is 2.19. The SMILES string of the molecule is CCSc1cc(C#N)cc(Cl)n1. The van der Waals surface area contributed by atoms with Crippen molar-refractivity contribution in [2.24, 2.45) is 0 Å². The maximum atomic E-state index is 8.61. The van der Waals surface area contributed by atoms with Gasteiger partial charge in [-0.05, 0) is 17.9 Å². The number of aromatic nitrogens is 1. The van der Waals surface area contributed by atoms with Crippen LogP contribution in [0, 0.1) is 11.3 Å². The van der Waals surface area contributed by atoms with Gasteiger partial charge < -0.3 is 0 Å². The Kier molecular flexibility index (Phi) is 3.39. The molecule has 2 nitrogen and oxygen atoms in total. The van der Waals surface area contributed by atoms with E-state index in [2.05, 4.69) is 4.98 Å². The zero-order valence-corrected chi connectivity index (χ0v) is 8.11. The number of pyridine rings is 1. The van der Waals surface area contributed by atoms with Crippen molar-refractivity contribution < 1.29 is 0 Å². The lowest BCUT2D eigenvalue weighted by molar-refractivity contribution is 1.12. The van der Waals surface area contributed by atoms with Gasteiger partial charge in [-0.3, -0.25) is 0 Å². The highest BCUT2D eigenvalue weighted by Gasteiger charge is 1.99. The lowest BCUT2D eigenvalue weighted by Crippen LogP contribution is -1.84. The molecular weight excluding hydrogens is 192 g/mol. The van der Waals surface area contributed by atoms with Crippen molar-refractivity contribution in [1.29, 1.82) is 5.26 Å². The molecule has 0 aliphatic rings. The molecule has 1 aromatic rings. The topological polar surface area (TPSA) is 36.7 Å². The first-order valence-corrected chi connectivity index (χ1v) is 4.83. The predicted molar refractivity (Wildman–Crippen MR) is 50.4 cm³/mol. The summed E-state index contributed by atoms with van der Waals surface area (Å²) in [6, 6.07) is 5.32. The Bertz CT molecular complexity index is 319. The predicted octanol–water partition coefficient (Wildman–Crippen LogP) is 2.72. The Labute approximate surface area is 80.6 Å². The van der Waals surface area contributed by atoms with Crippen molar-refractivity contribution in [3.05, 3.63) is 22.8 Å².